The Hall–Kier alpha value is -0.530. The summed E-state index contributed by atoms with van der Waals surface area (Å²) in [5.41, 5.74) is 0. The first kappa shape index (κ1) is 9.56. The van der Waals surface area contributed by atoms with Gasteiger partial charge in [0.2, 0.25) is 0 Å². The number of carbonyl (C=O) groups is 1. The van der Waals surface area contributed by atoms with Gasteiger partial charge in [-0.25, -0.2) is 0 Å². The van der Waals surface area contributed by atoms with E-state index in [1.165, 1.54) is 25.7 Å². The average molecular weight is 169 g/mol. The maximum absolute atomic E-state index is 10.2. The fraction of sp³-hybridized carbons (Fsp3) is 0.800. The number of carboxylic acids is 1. The fourth-order valence-electron chi connectivity index (χ4n) is 1.83. The Labute approximate surface area is 74.0 Å². The molecule has 0 aromatic heterocycles. The second-order valence-electron chi connectivity index (χ2n) is 3.60. The van der Waals surface area contributed by atoms with Crippen LogP contribution in [0, 0.1) is 12.3 Å². The van der Waals surface area contributed by atoms with E-state index >= 15 is 0 Å². The van der Waals surface area contributed by atoms with E-state index in [0.717, 1.165) is 18.8 Å². The van der Waals surface area contributed by atoms with Crippen molar-refractivity contribution in [3.63, 3.8) is 0 Å². The number of aliphatic carboxylic acids is 1. The highest BCUT2D eigenvalue weighted by atomic mass is 16.4. The standard InChI is InChI=1S/C10H17O2/c11-10(12)8-4-7-9-5-2-1-3-6-9/h1,9H,2-8H2,(H,11,12). The van der Waals surface area contributed by atoms with Crippen LogP contribution in [-0.2, 0) is 4.79 Å². The van der Waals surface area contributed by atoms with E-state index in [1.807, 2.05) is 0 Å². The third kappa shape index (κ3) is 3.74. The first-order valence-electron chi connectivity index (χ1n) is 4.82. The lowest BCUT2D eigenvalue weighted by molar-refractivity contribution is -0.137. The zero-order valence-corrected chi connectivity index (χ0v) is 7.46. The minimum absolute atomic E-state index is 0.347. The molecular weight excluding hydrogens is 152 g/mol. The van der Waals surface area contributed by atoms with Gasteiger partial charge in [-0.2, -0.15) is 0 Å². The van der Waals surface area contributed by atoms with Gasteiger partial charge in [0.15, 0.2) is 0 Å². The van der Waals surface area contributed by atoms with Crippen LogP contribution in [-0.4, -0.2) is 11.1 Å². The van der Waals surface area contributed by atoms with Gasteiger partial charge in [-0.3, -0.25) is 4.79 Å². The molecular formula is C10H17O2. The first-order valence-corrected chi connectivity index (χ1v) is 4.82. The second-order valence-corrected chi connectivity index (χ2v) is 3.60. The van der Waals surface area contributed by atoms with Crippen molar-refractivity contribution in [1.82, 2.24) is 0 Å². The zero-order valence-electron chi connectivity index (χ0n) is 7.46. The molecule has 0 aromatic carbocycles. The van der Waals surface area contributed by atoms with E-state index in [4.69, 9.17) is 5.11 Å². The molecule has 1 rings (SSSR count). The quantitative estimate of drug-likeness (QED) is 0.702. The van der Waals surface area contributed by atoms with Crippen LogP contribution in [0.25, 0.3) is 0 Å². The molecule has 0 unspecified atom stereocenters. The molecule has 1 radical (unpaired) electrons. The Morgan fingerprint density at radius 2 is 2.08 bits per heavy atom. The van der Waals surface area contributed by atoms with Gasteiger partial charge in [0.25, 0.3) is 0 Å². The van der Waals surface area contributed by atoms with Crippen molar-refractivity contribution in [3.05, 3.63) is 6.42 Å². The van der Waals surface area contributed by atoms with Gasteiger partial charge >= 0.3 is 5.97 Å². The van der Waals surface area contributed by atoms with Crippen molar-refractivity contribution < 1.29 is 9.90 Å². The molecule has 1 aliphatic carbocycles. The predicted octanol–water partition coefficient (Wildman–Crippen LogP) is 2.64. The molecule has 0 spiro atoms. The van der Waals surface area contributed by atoms with Crippen molar-refractivity contribution >= 4 is 5.97 Å². The first-order chi connectivity index (χ1) is 5.79. The lowest BCUT2D eigenvalue weighted by Crippen LogP contribution is -2.07. The van der Waals surface area contributed by atoms with Crippen molar-refractivity contribution in [2.75, 3.05) is 0 Å². The number of hydrogen-bond donors (Lipinski definition) is 1. The molecule has 1 N–H and O–H groups in total. The summed E-state index contributed by atoms with van der Waals surface area (Å²) in [6.07, 6.45) is 9.68. The topological polar surface area (TPSA) is 37.3 Å². The van der Waals surface area contributed by atoms with Gasteiger partial charge < -0.3 is 5.11 Å². The molecule has 1 saturated carbocycles. The van der Waals surface area contributed by atoms with Crippen LogP contribution in [0.2, 0.25) is 0 Å². The lowest BCUT2D eigenvalue weighted by Gasteiger charge is -2.20. The molecule has 2 heteroatoms. The summed E-state index contributed by atoms with van der Waals surface area (Å²) in [7, 11) is 0. The Morgan fingerprint density at radius 1 is 1.42 bits per heavy atom. The summed E-state index contributed by atoms with van der Waals surface area (Å²) >= 11 is 0. The third-order valence-electron chi connectivity index (χ3n) is 2.56. The van der Waals surface area contributed by atoms with Crippen molar-refractivity contribution in [3.8, 4) is 0 Å². The van der Waals surface area contributed by atoms with Crippen LogP contribution in [0.15, 0.2) is 0 Å². The summed E-state index contributed by atoms with van der Waals surface area (Å²) in [6.45, 7) is 0. The second kappa shape index (κ2) is 5.18. The molecule has 0 saturated heterocycles. The van der Waals surface area contributed by atoms with E-state index in [-0.39, 0.29) is 0 Å². The highest BCUT2D eigenvalue weighted by molar-refractivity contribution is 5.66. The molecule has 1 aliphatic rings. The van der Waals surface area contributed by atoms with E-state index in [1.54, 1.807) is 0 Å². The summed E-state index contributed by atoms with van der Waals surface area (Å²) in [5.74, 6) is 0.145. The van der Waals surface area contributed by atoms with E-state index in [0.29, 0.717) is 6.42 Å². The Morgan fingerprint density at radius 3 is 2.67 bits per heavy atom. The van der Waals surface area contributed by atoms with Gasteiger partial charge in [-0.1, -0.05) is 12.8 Å². The van der Waals surface area contributed by atoms with Crippen LogP contribution in [0.4, 0.5) is 0 Å². The molecule has 1 fully saturated rings. The van der Waals surface area contributed by atoms with Gasteiger partial charge in [-0.05, 0) is 38.0 Å². The van der Waals surface area contributed by atoms with Gasteiger partial charge in [0, 0.05) is 6.42 Å². The fourth-order valence-corrected chi connectivity index (χ4v) is 1.83. The van der Waals surface area contributed by atoms with Gasteiger partial charge in [0.1, 0.15) is 0 Å². The van der Waals surface area contributed by atoms with E-state index in [9.17, 15) is 4.79 Å². The SMILES string of the molecule is O=C(O)CCCC1CC[CH]CC1. The molecule has 69 valence electrons. The van der Waals surface area contributed by atoms with Crippen LogP contribution < -0.4 is 0 Å². The van der Waals surface area contributed by atoms with Crippen LogP contribution >= 0.6 is 0 Å². The number of rotatable bonds is 4. The highest BCUT2D eigenvalue weighted by Gasteiger charge is 2.13. The monoisotopic (exact) mass is 169 g/mol. The normalized spacial score (nSPS) is 19.3. The predicted molar refractivity (Wildman–Crippen MR) is 47.7 cm³/mol. The van der Waals surface area contributed by atoms with Crippen LogP contribution in [0.1, 0.15) is 44.9 Å². The summed E-state index contributed by atoms with van der Waals surface area (Å²) in [4.78, 5) is 10.2. The summed E-state index contributed by atoms with van der Waals surface area (Å²) in [5, 5.41) is 8.44. The maximum Gasteiger partial charge on any atom is 0.303 e. The minimum Gasteiger partial charge on any atom is -0.481 e. The Balaban J connectivity index is 2.01. The molecule has 12 heavy (non-hydrogen) atoms. The van der Waals surface area contributed by atoms with Gasteiger partial charge in [-0.15, -0.1) is 0 Å². The number of hydrogen-bond acceptors (Lipinski definition) is 1. The molecule has 0 aliphatic heterocycles. The third-order valence-corrected chi connectivity index (χ3v) is 2.56. The zero-order chi connectivity index (χ0) is 8.81. The number of carboxylic acid groups (broad SMARTS) is 1. The highest BCUT2D eigenvalue weighted by Crippen LogP contribution is 2.26. The molecule has 0 bridgehead atoms. The summed E-state index contributed by atoms with van der Waals surface area (Å²) in [6, 6.07) is 0. The average Bonchev–Trinajstić information content (AvgIpc) is 2.05. The van der Waals surface area contributed by atoms with Crippen LogP contribution in [0.5, 0.6) is 0 Å². The lowest BCUT2D eigenvalue weighted by atomic mass is 9.86. The van der Waals surface area contributed by atoms with Gasteiger partial charge in [0.05, 0.1) is 0 Å². The largest absolute Gasteiger partial charge is 0.481 e. The maximum atomic E-state index is 10.2. The van der Waals surface area contributed by atoms with E-state index in [2.05, 4.69) is 6.42 Å². The molecule has 0 atom stereocenters. The van der Waals surface area contributed by atoms with Crippen molar-refractivity contribution in [2.45, 2.75) is 44.9 Å². The molecule has 0 amide bonds. The molecule has 0 heterocycles. The smallest absolute Gasteiger partial charge is 0.303 e. The van der Waals surface area contributed by atoms with Crippen molar-refractivity contribution in [1.29, 1.82) is 0 Å². The van der Waals surface area contributed by atoms with Crippen molar-refractivity contribution in [2.24, 2.45) is 5.92 Å². The Bertz CT molecular complexity index is 137. The minimum atomic E-state index is -0.655. The van der Waals surface area contributed by atoms with Crippen LogP contribution in [0.3, 0.4) is 0 Å². The Kier molecular flexibility index (Phi) is 4.12. The summed E-state index contributed by atoms with van der Waals surface area (Å²) < 4.78 is 0. The molecule has 0 aromatic rings. The molecule has 2 nitrogen and oxygen atoms in total. The van der Waals surface area contributed by atoms with E-state index < -0.39 is 5.97 Å².